The van der Waals surface area contributed by atoms with Crippen LogP contribution >= 0.6 is 0 Å². The number of nitrogens with zero attached hydrogens (tertiary/aromatic N) is 5. The lowest BCUT2D eigenvalue weighted by Crippen LogP contribution is -2.46. The highest BCUT2D eigenvalue weighted by Crippen LogP contribution is 2.31. The Labute approximate surface area is 176 Å². The quantitative estimate of drug-likeness (QED) is 0.639. The molecule has 0 bridgehead atoms. The summed E-state index contributed by atoms with van der Waals surface area (Å²) in [5.74, 6) is 1.49. The van der Waals surface area contributed by atoms with Crippen molar-refractivity contribution in [3.05, 3.63) is 54.1 Å². The fourth-order valence-electron chi connectivity index (χ4n) is 3.75. The number of hydrogen-bond acceptors (Lipinski definition) is 5. The summed E-state index contributed by atoms with van der Waals surface area (Å²) in [7, 11) is 0. The zero-order chi connectivity index (χ0) is 21.1. The van der Waals surface area contributed by atoms with Crippen LogP contribution in [0.2, 0.25) is 0 Å². The number of carbonyl (C=O) groups is 1. The third kappa shape index (κ3) is 3.75. The van der Waals surface area contributed by atoms with Crippen LogP contribution in [0, 0.1) is 0 Å². The molecule has 1 N–H and O–H groups in total. The van der Waals surface area contributed by atoms with Crippen molar-refractivity contribution in [2.45, 2.75) is 52.1 Å². The summed E-state index contributed by atoms with van der Waals surface area (Å²) in [5, 5.41) is 14.3. The summed E-state index contributed by atoms with van der Waals surface area (Å²) in [6, 6.07) is 16.5. The summed E-state index contributed by atoms with van der Waals surface area (Å²) < 4.78 is 0. The molecule has 2 heterocycles. The van der Waals surface area contributed by atoms with E-state index in [9.17, 15) is 4.79 Å². The van der Waals surface area contributed by atoms with Crippen molar-refractivity contribution in [2.75, 3.05) is 0 Å². The van der Waals surface area contributed by atoms with Gasteiger partial charge in [0, 0.05) is 18.5 Å². The van der Waals surface area contributed by atoms with E-state index >= 15 is 0 Å². The molecule has 3 aromatic rings. The van der Waals surface area contributed by atoms with Gasteiger partial charge in [-0.1, -0.05) is 61.9 Å². The van der Waals surface area contributed by atoms with Gasteiger partial charge < -0.3 is 4.90 Å². The molecule has 1 aliphatic rings. The Morgan fingerprint density at radius 3 is 2.43 bits per heavy atom. The maximum atomic E-state index is 12.4. The maximum absolute atomic E-state index is 12.4. The van der Waals surface area contributed by atoms with Gasteiger partial charge in [-0.25, -0.2) is 5.10 Å². The fraction of sp³-hybridized carbons (Fsp3) is 0.348. The molecular weight excluding hydrogens is 376 g/mol. The van der Waals surface area contributed by atoms with E-state index in [0.29, 0.717) is 12.4 Å². The lowest BCUT2D eigenvalue weighted by Gasteiger charge is -2.33. The van der Waals surface area contributed by atoms with Crippen LogP contribution in [-0.4, -0.2) is 42.8 Å². The van der Waals surface area contributed by atoms with Gasteiger partial charge in [-0.2, -0.15) is 4.99 Å². The van der Waals surface area contributed by atoms with Crippen molar-refractivity contribution in [1.82, 2.24) is 25.5 Å². The average molecular weight is 403 g/mol. The number of unbranched alkanes of at least 4 members (excludes halogenated alkanes) is 1. The highest BCUT2D eigenvalue weighted by atomic mass is 16.2. The molecule has 0 fully saturated rings. The molecule has 1 aromatic heterocycles. The molecule has 2 aromatic carbocycles. The standard InChI is InChI=1S/C23H26N6O/c1-4-5-10-20-24-22(30)23(2,3)29(20)15-16-11-13-17(14-12-16)18-8-6-7-9-19(18)21-25-27-28-26-21/h6-9,11-14H,4-5,10,15H2,1-3H3,(H,25,26,27,28). The smallest absolute Gasteiger partial charge is 0.272 e. The number of aliphatic imine (C=N–C) groups is 1. The Morgan fingerprint density at radius 1 is 1.03 bits per heavy atom. The van der Waals surface area contributed by atoms with Crippen LogP contribution in [0.1, 0.15) is 45.6 Å². The molecule has 1 aliphatic heterocycles. The second-order valence-corrected chi connectivity index (χ2v) is 8.07. The molecule has 30 heavy (non-hydrogen) atoms. The summed E-state index contributed by atoms with van der Waals surface area (Å²) in [6.45, 7) is 6.72. The summed E-state index contributed by atoms with van der Waals surface area (Å²) >= 11 is 0. The van der Waals surface area contributed by atoms with E-state index < -0.39 is 5.54 Å². The fourth-order valence-corrected chi connectivity index (χ4v) is 3.75. The number of benzene rings is 2. The number of amides is 1. The number of aromatic nitrogens is 4. The molecular formula is C23H26N6O. The van der Waals surface area contributed by atoms with Gasteiger partial charge in [0.05, 0.1) is 0 Å². The van der Waals surface area contributed by atoms with Crippen molar-refractivity contribution in [3.63, 3.8) is 0 Å². The molecule has 154 valence electrons. The summed E-state index contributed by atoms with van der Waals surface area (Å²) in [5.41, 5.74) is 3.64. The zero-order valence-corrected chi connectivity index (χ0v) is 17.6. The van der Waals surface area contributed by atoms with E-state index in [2.05, 4.69) is 67.8 Å². The molecule has 4 rings (SSSR count). The van der Waals surface area contributed by atoms with E-state index in [1.165, 1.54) is 0 Å². The van der Waals surface area contributed by atoms with Gasteiger partial charge in [-0.3, -0.25) is 4.79 Å². The van der Waals surface area contributed by atoms with Crippen molar-refractivity contribution in [1.29, 1.82) is 0 Å². The first-order valence-electron chi connectivity index (χ1n) is 10.3. The molecule has 0 radical (unpaired) electrons. The molecule has 7 heteroatoms. The highest BCUT2D eigenvalue weighted by molar-refractivity contribution is 6.06. The van der Waals surface area contributed by atoms with Gasteiger partial charge in [-0.15, -0.1) is 5.10 Å². The number of aromatic amines is 1. The molecule has 1 amide bonds. The maximum Gasteiger partial charge on any atom is 0.272 e. The molecule has 0 saturated heterocycles. The monoisotopic (exact) mass is 402 g/mol. The second-order valence-electron chi connectivity index (χ2n) is 8.07. The van der Waals surface area contributed by atoms with Gasteiger partial charge >= 0.3 is 0 Å². The predicted octanol–water partition coefficient (Wildman–Crippen LogP) is 4.24. The Bertz CT molecular complexity index is 1050. The Hall–Kier alpha value is -3.35. The molecule has 7 nitrogen and oxygen atoms in total. The first-order valence-corrected chi connectivity index (χ1v) is 10.3. The Kier molecular flexibility index (Phi) is 5.44. The number of amidine groups is 1. The Balaban J connectivity index is 1.58. The average Bonchev–Trinajstić information content (AvgIpc) is 3.36. The van der Waals surface area contributed by atoms with Crippen molar-refractivity contribution in [3.8, 4) is 22.5 Å². The number of carbonyl (C=O) groups excluding carboxylic acids is 1. The molecule has 0 atom stereocenters. The minimum absolute atomic E-state index is 0.0557. The summed E-state index contributed by atoms with van der Waals surface area (Å²) in [6.07, 6.45) is 2.95. The number of tetrazole rings is 1. The van der Waals surface area contributed by atoms with E-state index in [1.54, 1.807) is 0 Å². The topological polar surface area (TPSA) is 87.1 Å². The van der Waals surface area contributed by atoms with Crippen LogP contribution in [0.4, 0.5) is 0 Å². The number of nitrogens with one attached hydrogen (secondary N) is 1. The number of H-pyrrole nitrogens is 1. The Morgan fingerprint density at radius 2 is 1.77 bits per heavy atom. The third-order valence-electron chi connectivity index (χ3n) is 5.63. The van der Waals surface area contributed by atoms with E-state index in [1.807, 2.05) is 32.0 Å². The lowest BCUT2D eigenvalue weighted by atomic mass is 9.97. The van der Waals surface area contributed by atoms with Gasteiger partial charge in [0.25, 0.3) is 5.91 Å². The van der Waals surface area contributed by atoms with Crippen molar-refractivity contribution in [2.24, 2.45) is 4.99 Å². The largest absolute Gasteiger partial charge is 0.341 e. The predicted molar refractivity (Wildman–Crippen MR) is 117 cm³/mol. The van der Waals surface area contributed by atoms with Crippen LogP contribution in [0.15, 0.2) is 53.5 Å². The first-order chi connectivity index (χ1) is 14.5. The van der Waals surface area contributed by atoms with Gasteiger partial charge in [0.1, 0.15) is 11.4 Å². The molecule has 0 saturated carbocycles. The first kappa shape index (κ1) is 19.9. The third-order valence-corrected chi connectivity index (χ3v) is 5.63. The number of rotatable bonds is 7. The summed E-state index contributed by atoms with van der Waals surface area (Å²) in [4.78, 5) is 18.9. The van der Waals surface area contributed by atoms with Crippen LogP contribution in [0.3, 0.4) is 0 Å². The van der Waals surface area contributed by atoms with Crippen LogP contribution < -0.4 is 0 Å². The van der Waals surface area contributed by atoms with E-state index in [-0.39, 0.29) is 5.91 Å². The molecule has 0 spiro atoms. The van der Waals surface area contributed by atoms with Gasteiger partial charge in [0.2, 0.25) is 0 Å². The second kappa shape index (κ2) is 8.18. The minimum atomic E-state index is -0.604. The SMILES string of the molecule is CCCCC1=NC(=O)C(C)(C)N1Cc1ccc(-c2ccccc2-c2nnn[nH]2)cc1. The zero-order valence-electron chi connectivity index (χ0n) is 17.6. The van der Waals surface area contributed by atoms with Gasteiger partial charge in [0.15, 0.2) is 5.82 Å². The van der Waals surface area contributed by atoms with Crippen LogP contribution in [-0.2, 0) is 11.3 Å². The highest BCUT2D eigenvalue weighted by Gasteiger charge is 2.41. The molecule has 0 unspecified atom stereocenters. The lowest BCUT2D eigenvalue weighted by molar-refractivity contribution is -0.124. The van der Waals surface area contributed by atoms with Crippen LogP contribution in [0.25, 0.3) is 22.5 Å². The number of hydrogen-bond donors (Lipinski definition) is 1. The van der Waals surface area contributed by atoms with E-state index in [0.717, 1.165) is 47.4 Å². The van der Waals surface area contributed by atoms with Gasteiger partial charge in [-0.05, 0) is 47.4 Å². The molecule has 0 aliphatic carbocycles. The van der Waals surface area contributed by atoms with E-state index in [4.69, 9.17) is 0 Å². The van der Waals surface area contributed by atoms with Crippen LogP contribution in [0.5, 0.6) is 0 Å². The van der Waals surface area contributed by atoms with Crippen molar-refractivity contribution < 1.29 is 4.79 Å². The normalized spacial score (nSPS) is 15.5. The van der Waals surface area contributed by atoms with Crippen molar-refractivity contribution >= 4 is 11.7 Å². The minimum Gasteiger partial charge on any atom is -0.341 e.